The highest BCUT2D eigenvalue weighted by Crippen LogP contribution is 2.30. The highest BCUT2D eigenvalue weighted by atomic mass is 16.5. The van der Waals surface area contributed by atoms with Gasteiger partial charge in [0, 0.05) is 39.9 Å². The van der Waals surface area contributed by atoms with Crippen molar-refractivity contribution in [1.29, 1.82) is 0 Å². The second kappa shape index (κ2) is 8.24. The molecular formula is C18H31N5O3. The Bertz CT molecular complexity index is 553. The van der Waals surface area contributed by atoms with E-state index >= 15 is 0 Å². The number of hydrogen-bond donors (Lipinski definition) is 3. The lowest BCUT2D eigenvalue weighted by atomic mass is 9.79. The van der Waals surface area contributed by atoms with Crippen LogP contribution in [0.15, 0.2) is 4.99 Å². The number of hydrogen-bond acceptors (Lipinski definition) is 4. The first-order valence-corrected chi connectivity index (χ1v) is 9.70. The average molecular weight is 365 g/mol. The second-order valence-electron chi connectivity index (χ2n) is 7.69. The van der Waals surface area contributed by atoms with E-state index in [4.69, 9.17) is 4.74 Å². The lowest BCUT2D eigenvalue weighted by molar-refractivity contribution is -0.125. The average Bonchev–Trinajstić information content (AvgIpc) is 2.92. The molecule has 0 aromatic rings. The van der Waals surface area contributed by atoms with Gasteiger partial charge in [0.2, 0.25) is 0 Å². The van der Waals surface area contributed by atoms with Crippen molar-refractivity contribution >= 4 is 17.9 Å². The fourth-order valence-electron chi connectivity index (χ4n) is 4.27. The highest BCUT2D eigenvalue weighted by molar-refractivity contribution is 6.07. The minimum atomic E-state index is -0.789. The van der Waals surface area contributed by atoms with Crippen molar-refractivity contribution < 1.29 is 14.3 Å². The third kappa shape index (κ3) is 4.11. The summed E-state index contributed by atoms with van der Waals surface area (Å²) in [6.07, 6.45) is 5.15. The predicted molar refractivity (Wildman–Crippen MR) is 98.9 cm³/mol. The topological polar surface area (TPSA) is 95.1 Å². The Balaban J connectivity index is 1.45. The fourth-order valence-corrected chi connectivity index (χ4v) is 4.27. The summed E-state index contributed by atoms with van der Waals surface area (Å²) in [7, 11) is 1.81. The molecule has 3 aliphatic heterocycles. The molecule has 1 atom stereocenters. The number of carbonyl (C=O) groups excluding carboxylic acids is 2. The SMILES string of the molecule is CN=C(NCCC1CCOCC1)N1CCC(C2(C)NC(=O)NC2=O)CC1. The quantitative estimate of drug-likeness (QED) is 0.387. The van der Waals surface area contributed by atoms with Crippen LogP contribution in [-0.4, -0.2) is 68.2 Å². The maximum Gasteiger partial charge on any atom is 0.322 e. The van der Waals surface area contributed by atoms with Crippen molar-refractivity contribution in [3.63, 3.8) is 0 Å². The summed E-state index contributed by atoms with van der Waals surface area (Å²) in [5.41, 5.74) is -0.789. The third-order valence-corrected chi connectivity index (χ3v) is 6.07. The first kappa shape index (κ1) is 18.9. The fraction of sp³-hybridized carbons (Fsp3) is 0.833. The van der Waals surface area contributed by atoms with E-state index in [2.05, 4.69) is 25.8 Å². The third-order valence-electron chi connectivity index (χ3n) is 6.07. The summed E-state index contributed by atoms with van der Waals surface area (Å²) in [6.45, 7) is 6.19. The minimum absolute atomic E-state index is 0.144. The molecule has 0 aromatic carbocycles. The van der Waals surface area contributed by atoms with Crippen LogP contribution in [0.2, 0.25) is 0 Å². The molecule has 3 saturated heterocycles. The van der Waals surface area contributed by atoms with Crippen LogP contribution in [0.5, 0.6) is 0 Å². The summed E-state index contributed by atoms with van der Waals surface area (Å²) < 4.78 is 5.41. The van der Waals surface area contributed by atoms with Gasteiger partial charge < -0.3 is 20.3 Å². The molecule has 1 unspecified atom stereocenters. The zero-order valence-corrected chi connectivity index (χ0v) is 15.8. The molecule has 0 bridgehead atoms. The number of carbonyl (C=O) groups is 2. The van der Waals surface area contributed by atoms with Crippen LogP contribution in [0, 0.1) is 11.8 Å². The zero-order chi connectivity index (χ0) is 18.6. The van der Waals surface area contributed by atoms with Crippen molar-refractivity contribution in [2.75, 3.05) is 39.9 Å². The van der Waals surface area contributed by atoms with Crippen molar-refractivity contribution in [2.45, 2.75) is 44.6 Å². The van der Waals surface area contributed by atoms with Gasteiger partial charge in [0.1, 0.15) is 5.54 Å². The van der Waals surface area contributed by atoms with Gasteiger partial charge in [-0.25, -0.2) is 4.79 Å². The molecule has 0 spiro atoms. The number of likely N-dealkylation sites (tertiary alicyclic amines) is 1. The number of nitrogens with one attached hydrogen (secondary N) is 3. The number of aliphatic imine (C=N–C) groups is 1. The molecule has 3 amide bonds. The lowest BCUT2D eigenvalue weighted by Crippen LogP contribution is -2.55. The zero-order valence-electron chi connectivity index (χ0n) is 15.8. The number of amides is 3. The Morgan fingerprint density at radius 3 is 2.54 bits per heavy atom. The van der Waals surface area contributed by atoms with Crippen molar-refractivity contribution in [2.24, 2.45) is 16.8 Å². The monoisotopic (exact) mass is 365 g/mol. The maximum absolute atomic E-state index is 12.1. The summed E-state index contributed by atoms with van der Waals surface area (Å²) in [5, 5.41) is 8.65. The molecule has 0 aromatic heterocycles. The number of guanidine groups is 1. The van der Waals surface area contributed by atoms with Gasteiger partial charge in [-0.1, -0.05) is 0 Å². The highest BCUT2D eigenvalue weighted by Gasteiger charge is 2.48. The largest absolute Gasteiger partial charge is 0.381 e. The first-order valence-electron chi connectivity index (χ1n) is 9.70. The standard InChI is InChI=1S/C18H31N5O3/c1-18(15(24)21-17(25)22-18)14-4-9-23(10-5-14)16(19-2)20-8-3-13-6-11-26-12-7-13/h13-14H,3-12H2,1-2H3,(H,19,20)(H2,21,22,24,25). The van der Waals surface area contributed by atoms with E-state index in [1.54, 1.807) is 0 Å². The molecule has 3 aliphatic rings. The number of imide groups is 1. The molecule has 0 radical (unpaired) electrons. The molecular weight excluding hydrogens is 334 g/mol. The molecule has 3 N–H and O–H groups in total. The van der Waals surface area contributed by atoms with Gasteiger partial charge in [0.05, 0.1) is 0 Å². The molecule has 3 fully saturated rings. The van der Waals surface area contributed by atoms with E-state index in [-0.39, 0.29) is 17.9 Å². The van der Waals surface area contributed by atoms with Crippen LogP contribution < -0.4 is 16.0 Å². The Kier molecular flexibility index (Phi) is 6.01. The van der Waals surface area contributed by atoms with Crippen molar-refractivity contribution in [1.82, 2.24) is 20.9 Å². The molecule has 0 aliphatic carbocycles. The molecule has 146 valence electrons. The molecule has 8 heteroatoms. The van der Waals surface area contributed by atoms with Gasteiger partial charge in [-0.2, -0.15) is 0 Å². The number of rotatable bonds is 4. The summed E-state index contributed by atoms with van der Waals surface area (Å²) in [5.74, 6) is 1.61. The second-order valence-corrected chi connectivity index (χ2v) is 7.69. The summed E-state index contributed by atoms with van der Waals surface area (Å²) >= 11 is 0. The van der Waals surface area contributed by atoms with Crippen LogP contribution in [0.4, 0.5) is 4.79 Å². The van der Waals surface area contributed by atoms with Crippen LogP contribution in [0.1, 0.15) is 39.0 Å². The Morgan fingerprint density at radius 1 is 1.27 bits per heavy atom. The molecule has 8 nitrogen and oxygen atoms in total. The van der Waals surface area contributed by atoms with E-state index in [1.807, 2.05) is 14.0 Å². The Hall–Kier alpha value is -1.83. The summed E-state index contributed by atoms with van der Waals surface area (Å²) in [6, 6.07) is -0.384. The maximum atomic E-state index is 12.1. The predicted octanol–water partition coefficient (Wildman–Crippen LogP) is 0.689. The van der Waals surface area contributed by atoms with Crippen LogP contribution >= 0.6 is 0 Å². The lowest BCUT2D eigenvalue weighted by Gasteiger charge is -2.39. The normalized spacial score (nSPS) is 28.8. The van der Waals surface area contributed by atoms with Gasteiger partial charge in [0.25, 0.3) is 5.91 Å². The number of ether oxygens (including phenoxy) is 1. The van der Waals surface area contributed by atoms with Gasteiger partial charge in [-0.15, -0.1) is 0 Å². The van der Waals surface area contributed by atoms with Crippen LogP contribution in [-0.2, 0) is 9.53 Å². The molecule has 3 heterocycles. The minimum Gasteiger partial charge on any atom is -0.381 e. The van der Waals surface area contributed by atoms with Crippen molar-refractivity contribution in [3.8, 4) is 0 Å². The smallest absolute Gasteiger partial charge is 0.322 e. The number of urea groups is 1. The van der Waals surface area contributed by atoms with E-state index in [9.17, 15) is 9.59 Å². The van der Waals surface area contributed by atoms with E-state index in [1.165, 1.54) is 0 Å². The Labute approximate surface area is 155 Å². The van der Waals surface area contributed by atoms with Crippen molar-refractivity contribution in [3.05, 3.63) is 0 Å². The van der Waals surface area contributed by atoms with Gasteiger partial charge in [-0.05, 0) is 50.9 Å². The molecule has 26 heavy (non-hydrogen) atoms. The first-order chi connectivity index (χ1) is 12.5. The Morgan fingerprint density at radius 2 is 1.96 bits per heavy atom. The van der Waals surface area contributed by atoms with E-state index < -0.39 is 5.54 Å². The number of piperidine rings is 1. The van der Waals surface area contributed by atoms with Crippen LogP contribution in [0.3, 0.4) is 0 Å². The number of nitrogens with zero attached hydrogens (tertiary/aromatic N) is 2. The summed E-state index contributed by atoms with van der Waals surface area (Å²) in [4.78, 5) is 30.3. The van der Waals surface area contributed by atoms with Gasteiger partial charge in [0.15, 0.2) is 5.96 Å². The van der Waals surface area contributed by atoms with E-state index in [0.29, 0.717) is 0 Å². The van der Waals surface area contributed by atoms with Crippen LogP contribution in [0.25, 0.3) is 0 Å². The van der Waals surface area contributed by atoms with Gasteiger partial charge >= 0.3 is 6.03 Å². The van der Waals surface area contributed by atoms with Gasteiger partial charge in [-0.3, -0.25) is 15.1 Å². The molecule has 0 saturated carbocycles. The van der Waals surface area contributed by atoms with E-state index in [0.717, 1.165) is 76.8 Å². The molecule has 3 rings (SSSR count).